The molecular formula is C18H20Cl2N2O. The van der Waals surface area contributed by atoms with E-state index >= 15 is 0 Å². The molecule has 122 valence electrons. The lowest BCUT2D eigenvalue weighted by Crippen LogP contribution is -2.35. The molecule has 0 bridgehead atoms. The Hall–Kier alpha value is -1.71. The quantitative estimate of drug-likeness (QED) is 0.811. The first-order valence-corrected chi connectivity index (χ1v) is 7.88. The first-order chi connectivity index (χ1) is 10.6. The van der Waals surface area contributed by atoms with Crippen molar-refractivity contribution in [1.29, 1.82) is 0 Å². The van der Waals surface area contributed by atoms with Gasteiger partial charge in [0.25, 0.3) is 5.91 Å². The SMILES string of the molecule is CC(c1ccc(Cl)cc1)N(C(=O)c1ccc(N)cc1)C1CC1.Cl. The van der Waals surface area contributed by atoms with Crippen molar-refractivity contribution in [3.8, 4) is 0 Å². The van der Waals surface area contributed by atoms with Crippen LogP contribution in [0, 0.1) is 0 Å². The lowest BCUT2D eigenvalue weighted by atomic mass is 10.0. The summed E-state index contributed by atoms with van der Waals surface area (Å²) in [5, 5.41) is 0.707. The van der Waals surface area contributed by atoms with Crippen molar-refractivity contribution in [2.75, 3.05) is 5.73 Å². The third-order valence-corrected chi connectivity index (χ3v) is 4.35. The van der Waals surface area contributed by atoms with E-state index in [2.05, 4.69) is 6.92 Å². The van der Waals surface area contributed by atoms with E-state index in [-0.39, 0.29) is 24.4 Å². The van der Waals surface area contributed by atoms with Gasteiger partial charge in [-0.2, -0.15) is 0 Å². The van der Waals surface area contributed by atoms with Crippen molar-refractivity contribution < 1.29 is 4.79 Å². The van der Waals surface area contributed by atoms with Crippen LogP contribution in [0.1, 0.15) is 41.7 Å². The van der Waals surface area contributed by atoms with E-state index < -0.39 is 0 Å². The van der Waals surface area contributed by atoms with E-state index in [1.165, 1.54) is 0 Å². The molecule has 2 aromatic carbocycles. The van der Waals surface area contributed by atoms with Gasteiger partial charge in [-0.1, -0.05) is 23.7 Å². The van der Waals surface area contributed by atoms with Crippen molar-refractivity contribution in [1.82, 2.24) is 4.90 Å². The van der Waals surface area contributed by atoms with Crippen LogP contribution in [0.25, 0.3) is 0 Å². The third kappa shape index (κ3) is 3.98. The first-order valence-electron chi connectivity index (χ1n) is 7.50. The molecule has 5 heteroatoms. The number of benzene rings is 2. The fourth-order valence-corrected chi connectivity index (χ4v) is 2.81. The van der Waals surface area contributed by atoms with E-state index in [4.69, 9.17) is 17.3 Å². The summed E-state index contributed by atoms with van der Waals surface area (Å²) in [5.74, 6) is 0.0601. The molecule has 0 spiro atoms. The Morgan fingerprint density at radius 3 is 2.22 bits per heavy atom. The second-order valence-electron chi connectivity index (χ2n) is 5.79. The van der Waals surface area contributed by atoms with Crippen molar-refractivity contribution in [3.05, 3.63) is 64.7 Å². The number of nitrogen functional groups attached to an aromatic ring is 1. The average molecular weight is 351 g/mol. The van der Waals surface area contributed by atoms with Gasteiger partial charge in [0, 0.05) is 22.3 Å². The molecule has 1 amide bonds. The van der Waals surface area contributed by atoms with Gasteiger partial charge in [0.2, 0.25) is 0 Å². The van der Waals surface area contributed by atoms with Crippen LogP contribution in [0.15, 0.2) is 48.5 Å². The van der Waals surface area contributed by atoms with Crippen LogP contribution in [0.2, 0.25) is 5.02 Å². The molecule has 3 rings (SSSR count). The zero-order valence-corrected chi connectivity index (χ0v) is 14.5. The normalized spacial score (nSPS) is 14.7. The minimum Gasteiger partial charge on any atom is -0.399 e. The molecule has 0 saturated heterocycles. The molecule has 0 aromatic heterocycles. The number of anilines is 1. The Balaban J connectivity index is 0.00000192. The highest BCUT2D eigenvalue weighted by Crippen LogP contribution is 2.36. The second-order valence-corrected chi connectivity index (χ2v) is 6.23. The summed E-state index contributed by atoms with van der Waals surface area (Å²) in [7, 11) is 0. The summed E-state index contributed by atoms with van der Waals surface area (Å²) in [6.45, 7) is 2.07. The number of carbonyl (C=O) groups is 1. The number of halogens is 2. The van der Waals surface area contributed by atoms with Crippen LogP contribution in [-0.4, -0.2) is 16.8 Å². The van der Waals surface area contributed by atoms with E-state index in [0.717, 1.165) is 18.4 Å². The van der Waals surface area contributed by atoms with Gasteiger partial charge in [-0.15, -0.1) is 12.4 Å². The van der Waals surface area contributed by atoms with E-state index in [1.54, 1.807) is 24.3 Å². The Morgan fingerprint density at radius 2 is 1.70 bits per heavy atom. The topological polar surface area (TPSA) is 46.3 Å². The van der Waals surface area contributed by atoms with Crippen LogP contribution >= 0.6 is 24.0 Å². The average Bonchev–Trinajstić information content (AvgIpc) is 3.33. The van der Waals surface area contributed by atoms with Crippen molar-refractivity contribution in [2.24, 2.45) is 0 Å². The molecule has 0 aliphatic heterocycles. The van der Waals surface area contributed by atoms with Gasteiger partial charge in [0.05, 0.1) is 6.04 Å². The standard InChI is InChI=1S/C18H19ClN2O.ClH/c1-12(13-2-6-15(19)7-3-13)21(17-10-11-17)18(22)14-4-8-16(20)9-5-14;/h2-9,12,17H,10-11,20H2,1H3;1H. The molecule has 0 radical (unpaired) electrons. The van der Waals surface area contributed by atoms with E-state index in [9.17, 15) is 4.79 Å². The summed E-state index contributed by atoms with van der Waals surface area (Å²) in [4.78, 5) is 14.9. The Morgan fingerprint density at radius 1 is 1.13 bits per heavy atom. The van der Waals surface area contributed by atoms with Gasteiger partial charge >= 0.3 is 0 Å². The number of amides is 1. The molecule has 1 aliphatic rings. The molecule has 1 aliphatic carbocycles. The van der Waals surface area contributed by atoms with Gasteiger partial charge in [0.1, 0.15) is 0 Å². The highest BCUT2D eigenvalue weighted by Gasteiger charge is 2.36. The molecule has 2 aromatic rings. The van der Waals surface area contributed by atoms with Crippen LogP contribution in [0.3, 0.4) is 0 Å². The largest absolute Gasteiger partial charge is 0.399 e. The fourth-order valence-electron chi connectivity index (χ4n) is 2.69. The molecular weight excluding hydrogens is 331 g/mol. The molecule has 1 atom stereocenters. The highest BCUT2D eigenvalue weighted by atomic mass is 35.5. The summed E-state index contributed by atoms with van der Waals surface area (Å²) < 4.78 is 0. The lowest BCUT2D eigenvalue weighted by Gasteiger charge is -2.30. The van der Waals surface area contributed by atoms with Gasteiger partial charge < -0.3 is 10.6 Å². The maximum Gasteiger partial charge on any atom is 0.254 e. The molecule has 2 N–H and O–H groups in total. The summed E-state index contributed by atoms with van der Waals surface area (Å²) in [6.07, 6.45) is 2.14. The van der Waals surface area contributed by atoms with Gasteiger partial charge in [-0.25, -0.2) is 0 Å². The summed E-state index contributed by atoms with van der Waals surface area (Å²) in [5.41, 5.74) is 8.15. The molecule has 1 unspecified atom stereocenters. The molecule has 1 fully saturated rings. The molecule has 23 heavy (non-hydrogen) atoms. The number of carbonyl (C=O) groups excluding carboxylic acids is 1. The van der Waals surface area contributed by atoms with E-state index in [0.29, 0.717) is 22.3 Å². The van der Waals surface area contributed by atoms with Crippen LogP contribution in [0.5, 0.6) is 0 Å². The highest BCUT2D eigenvalue weighted by molar-refractivity contribution is 6.30. The second kappa shape index (κ2) is 7.24. The van der Waals surface area contributed by atoms with E-state index in [1.807, 2.05) is 29.2 Å². The maximum atomic E-state index is 12.9. The van der Waals surface area contributed by atoms with Crippen molar-refractivity contribution in [3.63, 3.8) is 0 Å². The van der Waals surface area contributed by atoms with Gasteiger partial charge in [-0.05, 0) is 61.7 Å². The summed E-state index contributed by atoms with van der Waals surface area (Å²) >= 11 is 5.95. The molecule has 0 heterocycles. The smallest absolute Gasteiger partial charge is 0.254 e. The minimum atomic E-state index is 0. The lowest BCUT2D eigenvalue weighted by molar-refractivity contribution is 0.0674. The predicted molar refractivity (Wildman–Crippen MR) is 97.2 cm³/mol. The monoisotopic (exact) mass is 350 g/mol. The minimum absolute atomic E-state index is 0. The first kappa shape index (κ1) is 17.6. The predicted octanol–water partition coefficient (Wildman–Crippen LogP) is 4.71. The number of hydrogen-bond donors (Lipinski definition) is 1. The Kier molecular flexibility index (Phi) is 5.55. The Labute approximate surface area is 147 Å². The van der Waals surface area contributed by atoms with Gasteiger partial charge in [0.15, 0.2) is 0 Å². The zero-order valence-electron chi connectivity index (χ0n) is 12.9. The molecule has 3 nitrogen and oxygen atoms in total. The number of hydrogen-bond acceptors (Lipinski definition) is 2. The van der Waals surface area contributed by atoms with Crippen LogP contribution < -0.4 is 5.73 Å². The number of nitrogens with zero attached hydrogens (tertiary/aromatic N) is 1. The maximum absolute atomic E-state index is 12.9. The molecule has 1 saturated carbocycles. The summed E-state index contributed by atoms with van der Waals surface area (Å²) in [6, 6.07) is 15.2. The van der Waals surface area contributed by atoms with Crippen LogP contribution in [-0.2, 0) is 0 Å². The Bertz CT molecular complexity index is 666. The van der Waals surface area contributed by atoms with Gasteiger partial charge in [-0.3, -0.25) is 4.79 Å². The zero-order chi connectivity index (χ0) is 15.7. The van der Waals surface area contributed by atoms with Crippen molar-refractivity contribution in [2.45, 2.75) is 31.8 Å². The number of rotatable bonds is 4. The fraction of sp³-hybridized carbons (Fsp3) is 0.278. The number of nitrogens with two attached hydrogens (primary N) is 1. The van der Waals surface area contributed by atoms with Crippen LogP contribution in [0.4, 0.5) is 5.69 Å². The van der Waals surface area contributed by atoms with Crippen molar-refractivity contribution >= 4 is 35.6 Å². The third-order valence-electron chi connectivity index (χ3n) is 4.10.